The van der Waals surface area contributed by atoms with Crippen molar-refractivity contribution in [1.29, 1.82) is 0 Å². The van der Waals surface area contributed by atoms with Crippen LogP contribution in [0.15, 0.2) is 54.7 Å². The summed E-state index contributed by atoms with van der Waals surface area (Å²) in [6.45, 7) is 1.98. The average molecular weight is 398 g/mol. The number of nitrogens with zero attached hydrogens (tertiary/aromatic N) is 1. The van der Waals surface area contributed by atoms with E-state index < -0.39 is 0 Å². The van der Waals surface area contributed by atoms with Gasteiger partial charge in [0, 0.05) is 16.8 Å². The zero-order valence-electron chi connectivity index (χ0n) is 15.7. The highest BCUT2D eigenvalue weighted by Gasteiger charge is 2.12. The van der Waals surface area contributed by atoms with Crippen LogP contribution in [0.3, 0.4) is 0 Å². The molecule has 2 aromatic carbocycles. The van der Waals surface area contributed by atoms with Crippen molar-refractivity contribution in [3.05, 3.63) is 71.0 Å². The van der Waals surface area contributed by atoms with E-state index in [0.29, 0.717) is 22.2 Å². The van der Waals surface area contributed by atoms with E-state index in [1.165, 1.54) is 7.11 Å². The number of hydrogen-bond donors (Lipinski definition) is 2. The molecule has 3 aromatic rings. The Bertz CT molecular complexity index is 991. The molecule has 2 N–H and O–H groups in total. The summed E-state index contributed by atoms with van der Waals surface area (Å²) in [7, 11) is 3.09. The second-order valence-electron chi connectivity index (χ2n) is 6.04. The largest absolute Gasteiger partial charge is 0.497 e. The molecule has 0 fully saturated rings. The standard InChI is InChI=1S/C21H20ClN3O3/c1-13-4-5-14(22)10-18(13)24-15-6-8-17(23-12-15)21(26)25-19-11-16(27-2)7-9-20(19)28-3/h4-12,24H,1-3H3,(H,25,26). The third kappa shape index (κ3) is 4.53. The van der Waals surface area contributed by atoms with Crippen LogP contribution in [0.2, 0.25) is 5.02 Å². The molecule has 0 aliphatic carbocycles. The SMILES string of the molecule is COc1ccc(OC)c(NC(=O)c2ccc(Nc3cc(Cl)ccc3C)cn2)c1. The molecule has 0 aliphatic heterocycles. The Morgan fingerprint density at radius 3 is 2.50 bits per heavy atom. The van der Waals surface area contributed by atoms with Crippen LogP contribution in [-0.4, -0.2) is 25.1 Å². The van der Waals surface area contributed by atoms with Gasteiger partial charge in [-0.25, -0.2) is 4.98 Å². The van der Waals surface area contributed by atoms with E-state index >= 15 is 0 Å². The van der Waals surface area contributed by atoms with E-state index in [1.807, 2.05) is 25.1 Å². The van der Waals surface area contributed by atoms with Crippen molar-refractivity contribution >= 4 is 34.6 Å². The molecule has 0 unspecified atom stereocenters. The Morgan fingerprint density at radius 2 is 1.82 bits per heavy atom. The van der Waals surface area contributed by atoms with Gasteiger partial charge in [0.1, 0.15) is 17.2 Å². The molecule has 1 heterocycles. The number of amides is 1. The van der Waals surface area contributed by atoms with Crippen LogP contribution in [0.5, 0.6) is 11.5 Å². The van der Waals surface area contributed by atoms with Crippen molar-refractivity contribution in [3.8, 4) is 11.5 Å². The number of anilines is 3. The van der Waals surface area contributed by atoms with Crippen molar-refractivity contribution in [3.63, 3.8) is 0 Å². The number of methoxy groups -OCH3 is 2. The predicted octanol–water partition coefficient (Wildman–Crippen LogP) is 5.06. The van der Waals surface area contributed by atoms with Crippen LogP contribution < -0.4 is 20.1 Å². The molecule has 0 saturated carbocycles. The first-order chi connectivity index (χ1) is 13.5. The van der Waals surface area contributed by atoms with Crippen molar-refractivity contribution in [1.82, 2.24) is 4.98 Å². The summed E-state index contributed by atoms with van der Waals surface area (Å²) < 4.78 is 10.5. The fraction of sp³-hybridized carbons (Fsp3) is 0.143. The summed E-state index contributed by atoms with van der Waals surface area (Å²) in [6, 6.07) is 14.2. The smallest absolute Gasteiger partial charge is 0.274 e. The normalized spacial score (nSPS) is 10.3. The van der Waals surface area contributed by atoms with Crippen molar-refractivity contribution in [2.24, 2.45) is 0 Å². The topological polar surface area (TPSA) is 72.5 Å². The number of hydrogen-bond acceptors (Lipinski definition) is 5. The van der Waals surface area contributed by atoms with E-state index in [9.17, 15) is 4.79 Å². The predicted molar refractivity (Wildman–Crippen MR) is 111 cm³/mol. The van der Waals surface area contributed by atoms with Crippen LogP contribution in [0.4, 0.5) is 17.1 Å². The zero-order valence-corrected chi connectivity index (χ0v) is 16.5. The van der Waals surface area contributed by atoms with Gasteiger partial charge in [-0.15, -0.1) is 0 Å². The molecule has 3 rings (SSSR count). The Balaban J connectivity index is 1.74. The summed E-state index contributed by atoms with van der Waals surface area (Å²) in [4.78, 5) is 16.8. The van der Waals surface area contributed by atoms with Crippen LogP contribution in [0.25, 0.3) is 0 Å². The molecule has 0 radical (unpaired) electrons. The van der Waals surface area contributed by atoms with Gasteiger partial charge in [0.05, 0.1) is 31.8 Å². The van der Waals surface area contributed by atoms with Crippen LogP contribution in [0.1, 0.15) is 16.1 Å². The number of pyridine rings is 1. The summed E-state index contributed by atoms with van der Waals surface area (Å²) in [6.07, 6.45) is 1.60. The van der Waals surface area contributed by atoms with Gasteiger partial charge in [0.25, 0.3) is 5.91 Å². The molecule has 0 aliphatic rings. The van der Waals surface area contributed by atoms with Crippen LogP contribution in [0, 0.1) is 6.92 Å². The molecule has 28 heavy (non-hydrogen) atoms. The van der Waals surface area contributed by atoms with Gasteiger partial charge in [0.15, 0.2) is 0 Å². The Labute approximate surface area is 168 Å². The number of nitrogens with one attached hydrogen (secondary N) is 2. The number of ether oxygens (including phenoxy) is 2. The third-order valence-electron chi connectivity index (χ3n) is 4.13. The summed E-state index contributed by atoms with van der Waals surface area (Å²) in [5.74, 6) is 0.793. The summed E-state index contributed by atoms with van der Waals surface area (Å²) in [5.41, 5.74) is 3.47. The number of benzene rings is 2. The maximum absolute atomic E-state index is 12.5. The van der Waals surface area contributed by atoms with Crippen molar-refractivity contribution in [2.75, 3.05) is 24.9 Å². The minimum atomic E-state index is -0.350. The van der Waals surface area contributed by atoms with E-state index in [-0.39, 0.29) is 11.6 Å². The average Bonchev–Trinajstić information content (AvgIpc) is 2.71. The number of halogens is 1. The van der Waals surface area contributed by atoms with Gasteiger partial charge in [0.2, 0.25) is 0 Å². The number of aryl methyl sites for hydroxylation is 1. The van der Waals surface area contributed by atoms with E-state index in [2.05, 4.69) is 15.6 Å². The fourth-order valence-electron chi connectivity index (χ4n) is 2.58. The lowest BCUT2D eigenvalue weighted by Gasteiger charge is -2.12. The Kier molecular flexibility index (Phi) is 6.01. The second-order valence-corrected chi connectivity index (χ2v) is 6.47. The first-order valence-electron chi connectivity index (χ1n) is 8.53. The highest BCUT2D eigenvalue weighted by molar-refractivity contribution is 6.30. The molecule has 6 nitrogen and oxygen atoms in total. The van der Waals surface area contributed by atoms with Gasteiger partial charge < -0.3 is 20.1 Å². The minimum absolute atomic E-state index is 0.276. The molecular weight excluding hydrogens is 378 g/mol. The van der Waals surface area contributed by atoms with Crippen molar-refractivity contribution in [2.45, 2.75) is 6.92 Å². The molecule has 0 spiro atoms. The number of carbonyl (C=O) groups is 1. The monoisotopic (exact) mass is 397 g/mol. The maximum atomic E-state index is 12.5. The third-order valence-corrected chi connectivity index (χ3v) is 4.36. The number of carbonyl (C=O) groups excluding carboxylic acids is 1. The molecular formula is C21H20ClN3O3. The highest BCUT2D eigenvalue weighted by atomic mass is 35.5. The maximum Gasteiger partial charge on any atom is 0.274 e. The zero-order chi connectivity index (χ0) is 20.1. The van der Waals surface area contributed by atoms with Gasteiger partial charge in [-0.2, -0.15) is 0 Å². The van der Waals surface area contributed by atoms with Crippen molar-refractivity contribution < 1.29 is 14.3 Å². The Hall–Kier alpha value is -3.25. The number of aromatic nitrogens is 1. The lowest BCUT2D eigenvalue weighted by molar-refractivity contribution is 0.102. The van der Waals surface area contributed by atoms with E-state index in [0.717, 1.165) is 16.9 Å². The van der Waals surface area contributed by atoms with Crippen LogP contribution in [-0.2, 0) is 0 Å². The first-order valence-corrected chi connectivity index (χ1v) is 8.90. The van der Waals surface area contributed by atoms with E-state index in [4.69, 9.17) is 21.1 Å². The van der Waals surface area contributed by atoms with Gasteiger partial charge in [-0.3, -0.25) is 4.79 Å². The second kappa shape index (κ2) is 8.63. The first kappa shape index (κ1) is 19.5. The lowest BCUT2D eigenvalue weighted by Crippen LogP contribution is -2.14. The lowest BCUT2D eigenvalue weighted by atomic mass is 10.2. The Morgan fingerprint density at radius 1 is 1.00 bits per heavy atom. The molecule has 1 amide bonds. The molecule has 144 valence electrons. The quantitative estimate of drug-likeness (QED) is 0.608. The fourth-order valence-corrected chi connectivity index (χ4v) is 2.76. The van der Waals surface area contributed by atoms with Gasteiger partial charge >= 0.3 is 0 Å². The molecule has 0 bridgehead atoms. The van der Waals surface area contributed by atoms with Crippen LogP contribution >= 0.6 is 11.6 Å². The molecule has 0 saturated heterocycles. The van der Waals surface area contributed by atoms with E-state index in [1.54, 1.807) is 43.6 Å². The summed E-state index contributed by atoms with van der Waals surface area (Å²) >= 11 is 6.05. The molecule has 0 atom stereocenters. The number of rotatable bonds is 6. The molecule has 7 heteroatoms. The van der Waals surface area contributed by atoms with Gasteiger partial charge in [-0.05, 0) is 48.9 Å². The summed E-state index contributed by atoms with van der Waals surface area (Å²) in [5, 5.41) is 6.68. The highest BCUT2D eigenvalue weighted by Crippen LogP contribution is 2.29. The minimum Gasteiger partial charge on any atom is -0.497 e. The van der Waals surface area contributed by atoms with Gasteiger partial charge in [-0.1, -0.05) is 17.7 Å². The molecule has 1 aromatic heterocycles.